The number of benzene rings is 1. The van der Waals surface area contributed by atoms with E-state index in [9.17, 15) is 9.59 Å². The van der Waals surface area contributed by atoms with Crippen LogP contribution in [0.3, 0.4) is 0 Å². The molecule has 5 nitrogen and oxygen atoms in total. The molecule has 2 aliphatic heterocycles. The topological polar surface area (TPSA) is 45.6 Å². The van der Waals surface area contributed by atoms with E-state index >= 15 is 0 Å². The van der Waals surface area contributed by atoms with Gasteiger partial charge >= 0.3 is 4.87 Å². The lowest BCUT2D eigenvalue weighted by Gasteiger charge is -2.34. The van der Waals surface area contributed by atoms with Gasteiger partial charge in [-0.15, -0.1) is 0 Å². The lowest BCUT2D eigenvalue weighted by atomic mass is 9.94. The predicted molar refractivity (Wildman–Crippen MR) is 115 cm³/mol. The second-order valence-corrected chi connectivity index (χ2v) is 9.33. The fourth-order valence-corrected chi connectivity index (χ4v) is 5.67. The minimum atomic E-state index is 0.0131. The van der Waals surface area contributed by atoms with E-state index in [1.54, 1.807) is 4.68 Å². The van der Waals surface area contributed by atoms with Crippen LogP contribution in [0.4, 0.5) is 0 Å². The Balaban J connectivity index is 1.52. The molecule has 2 saturated heterocycles. The molecule has 1 aromatic carbocycles. The molecule has 0 atom stereocenters. The van der Waals surface area contributed by atoms with Crippen molar-refractivity contribution in [2.45, 2.75) is 32.1 Å². The van der Waals surface area contributed by atoms with Crippen LogP contribution in [0.1, 0.15) is 37.7 Å². The van der Waals surface area contributed by atoms with Crippen LogP contribution in [0.15, 0.2) is 21.4 Å². The van der Waals surface area contributed by atoms with Gasteiger partial charge in [-0.1, -0.05) is 27.3 Å². The van der Waals surface area contributed by atoms with E-state index in [2.05, 4.69) is 25.8 Å². The molecule has 3 heterocycles. The summed E-state index contributed by atoms with van der Waals surface area (Å²) in [6.45, 7) is 5.50. The third-order valence-corrected chi connectivity index (χ3v) is 7.43. The highest BCUT2D eigenvalue weighted by molar-refractivity contribution is 9.10. The number of piperidine rings is 1. The standard InChI is InChI=1S/C20H24BrN3O2S/c21-17-3-4-18-19(16(17)8-14-25)24(20(26)27-18)23-12-6-15(7-13-23)5-11-22-9-1-2-10-22/h3-4,8,15H,1-2,5-7,9-13H2. The summed E-state index contributed by atoms with van der Waals surface area (Å²) in [5.74, 6) is 2.61. The van der Waals surface area contributed by atoms with Gasteiger partial charge in [-0.05, 0) is 69.8 Å². The van der Waals surface area contributed by atoms with Crippen molar-refractivity contribution in [2.24, 2.45) is 5.92 Å². The Morgan fingerprint density at radius 2 is 1.93 bits per heavy atom. The number of carbonyl (C=O) groups excluding carboxylic acids is 1. The van der Waals surface area contributed by atoms with Crippen molar-refractivity contribution in [3.63, 3.8) is 0 Å². The number of rotatable bonds is 5. The first-order chi connectivity index (χ1) is 13.2. The number of halogens is 1. The third kappa shape index (κ3) is 3.92. The maximum Gasteiger partial charge on any atom is 0.326 e. The van der Waals surface area contributed by atoms with Gasteiger partial charge in [0.2, 0.25) is 0 Å². The predicted octanol–water partition coefficient (Wildman–Crippen LogP) is 3.50. The zero-order valence-corrected chi connectivity index (χ0v) is 17.7. The van der Waals surface area contributed by atoms with Crippen LogP contribution in [-0.2, 0) is 4.79 Å². The molecule has 144 valence electrons. The molecule has 2 aromatic rings. The second-order valence-electron chi connectivity index (χ2n) is 7.48. The maximum absolute atomic E-state index is 12.7. The Morgan fingerprint density at radius 1 is 1.19 bits per heavy atom. The zero-order valence-electron chi connectivity index (χ0n) is 15.3. The minimum Gasteiger partial charge on any atom is -0.309 e. The summed E-state index contributed by atoms with van der Waals surface area (Å²) in [7, 11) is 0. The normalized spacial score (nSPS) is 18.9. The lowest BCUT2D eigenvalue weighted by Crippen LogP contribution is -2.45. The third-order valence-electron chi connectivity index (χ3n) is 5.84. The zero-order chi connectivity index (χ0) is 18.8. The molecule has 0 N–H and O–H groups in total. The number of hydrogen-bond donors (Lipinski definition) is 0. The monoisotopic (exact) mass is 449 g/mol. The number of hydrogen-bond acceptors (Lipinski definition) is 5. The Morgan fingerprint density at radius 3 is 2.63 bits per heavy atom. The van der Waals surface area contributed by atoms with Gasteiger partial charge in [0.1, 0.15) is 5.94 Å². The number of aromatic nitrogens is 1. The maximum atomic E-state index is 12.7. The lowest BCUT2D eigenvalue weighted by molar-refractivity contribution is 0.271. The molecule has 0 spiro atoms. The van der Waals surface area contributed by atoms with Gasteiger partial charge in [0.05, 0.1) is 10.2 Å². The van der Waals surface area contributed by atoms with Crippen LogP contribution < -0.4 is 9.88 Å². The molecule has 0 aliphatic carbocycles. The largest absolute Gasteiger partial charge is 0.326 e. The quantitative estimate of drug-likeness (QED) is 0.655. The Bertz CT molecular complexity index is 917. The average Bonchev–Trinajstić information content (AvgIpc) is 3.30. The van der Waals surface area contributed by atoms with E-state index in [1.165, 1.54) is 56.3 Å². The second kappa shape index (κ2) is 8.31. The van der Waals surface area contributed by atoms with E-state index in [1.807, 2.05) is 18.1 Å². The van der Waals surface area contributed by atoms with E-state index < -0.39 is 0 Å². The molecule has 27 heavy (non-hydrogen) atoms. The summed E-state index contributed by atoms with van der Waals surface area (Å²) < 4.78 is 3.50. The molecule has 2 aliphatic rings. The SMILES string of the molecule is O=C=Cc1c(Br)ccc2sc(=O)n(N3CCC(CCN4CCCC4)CC3)c12. The number of nitrogens with zero attached hydrogens (tertiary/aromatic N) is 3. The molecular formula is C20H24BrN3O2S. The van der Waals surface area contributed by atoms with Crippen LogP contribution in [-0.4, -0.2) is 48.2 Å². The van der Waals surface area contributed by atoms with Crippen molar-refractivity contribution in [3.05, 3.63) is 31.8 Å². The van der Waals surface area contributed by atoms with Crippen molar-refractivity contribution in [1.29, 1.82) is 0 Å². The summed E-state index contributed by atoms with van der Waals surface area (Å²) in [6, 6.07) is 3.82. The van der Waals surface area contributed by atoms with Gasteiger partial charge in [0.25, 0.3) is 0 Å². The number of fused-ring (bicyclic) bond motifs is 1. The van der Waals surface area contributed by atoms with Crippen LogP contribution >= 0.6 is 27.3 Å². The summed E-state index contributed by atoms with van der Waals surface area (Å²) in [5.41, 5.74) is 1.55. The van der Waals surface area contributed by atoms with Gasteiger partial charge in [-0.3, -0.25) is 4.79 Å². The Labute approximate surface area is 171 Å². The molecule has 4 rings (SSSR count). The molecular weight excluding hydrogens is 426 g/mol. The van der Waals surface area contributed by atoms with Crippen molar-refractivity contribution in [2.75, 3.05) is 37.7 Å². The van der Waals surface area contributed by atoms with E-state index in [0.29, 0.717) is 0 Å². The fourth-order valence-electron chi connectivity index (χ4n) is 4.33. The smallest absolute Gasteiger partial charge is 0.309 e. The fraction of sp³-hybridized carbons (Fsp3) is 0.550. The average molecular weight is 450 g/mol. The highest BCUT2D eigenvalue weighted by Gasteiger charge is 2.24. The summed E-state index contributed by atoms with van der Waals surface area (Å²) >= 11 is 4.74. The minimum absolute atomic E-state index is 0.0131. The van der Waals surface area contributed by atoms with Crippen LogP contribution in [0.25, 0.3) is 16.3 Å². The van der Waals surface area contributed by atoms with E-state index in [0.717, 1.165) is 52.1 Å². The number of thiazole rings is 1. The first-order valence-electron chi connectivity index (χ1n) is 9.70. The highest BCUT2D eigenvalue weighted by Crippen LogP contribution is 2.30. The first kappa shape index (κ1) is 18.9. The van der Waals surface area contributed by atoms with Crippen molar-refractivity contribution in [3.8, 4) is 0 Å². The Kier molecular flexibility index (Phi) is 5.83. The van der Waals surface area contributed by atoms with Crippen LogP contribution in [0.2, 0.25) is 0 Å². The van der Waals surface area contributed by atoms with Gasteiger partial charge in [-0.25, -0.2) is 9.47 Å². The molecule has 0 saturated carbocycles. The summed E-state index contributed by atoms with van der Waals surface area (Å²) in [4.78, 5) is 26.3. The molecule has 0 unspecified atom stereocenters. The summed E-state index contributed by atoms with van der Waals surface area (Å²) in [5, 5.41) is 2.15. The molecule has 0 radical (unpaired) electrons. The molecule has 0 amide bonds. The highest BCUT2D eigenvalue weighted by atomic mass is 79.9. The molecule has 0 bridgehead atoms. The van der Waals surface area contributed by atoms with E-state index in [4.69, 9.17) is 0 Å². The van der Waals surface area contributed by atoms with Gasteiger partial charge in [0.15, 0.2) is 0 Å². The van der Waals surface area contributed by atoms with Crippen molar-refractivity contribution in [1.82, 2.24) is 9.58 Å². The molecule has 7 heteroatoms. The van der Waals surface area contributed by atoms with Gasteiger partial charge < -0.3 is 9.91 Å². The van der Waals surface area contributed by atoms with Gasteiger partial charge in [-0.2, -0.15) is 0 Å². The van der Waals surface area contributed by atoms with Gasteiger partial charge in [0, 0.05) is 29.2 Å². The number of likely N-dealkylation sites (tertiary alicyclic amines) is 1. The van der Waals surface area contributed by atoms with Crippen LogP contribution in [0, 0.1) is 5.92 Å². The van der Waals surface area contributed by atoms with Crippen molar-refractivity contribution >= 4 is 49.5 Å². The Hall–Kier alpha value is -1.40. The molecule has 2 fully saturated rings. The molecule has 1 aromatic heterocycles. The first-order valence-corrected chi connectivity index (χ1v) is 11.3. The van der Waals surface area contributed by atoms with Crippen molar-refractivity contribution < 1.29 is 4.79 Å². The van der Waals surface area contributed by atoms with Crippen LogP contribution in [0.5, 0.6) is 0 Å². The summed E-state index contributed by atoms with van der Waals surface area (Å²) in [6.07, 6.45) is 7.60. The van der Waals surface area contributed by atoms with E-state index in [-0.39, 0.29) is 4.87 Å².